The average molecular weight is 185 g/mol. The van der Waals surface area contributed by atoms with E-state index in [4.69, 9.17) is 5.73 Å². The fraction of sp³-hybridized carbons (Fsp3) is 1.00. The molecule has 1 heterocycles. The van der Waals surface area contributed by atoms with Gasteiger partial charge in [0.25, 0.3) is 0 Å². The third kappa shape index (κ3) is 3.25. The number of hydrogen-bond acceptors (Lipinski definition) is 3. The van der Waals surface area contributed by atoms with E-state index < -0.39 is 0 Å². The van der Waals surface area contributed by atoms with Crippen molar-refractivity contribution < 1.29 is 0 Å². The Morgan fingerprint density at radius 2 is 2.08 bits per heavy atom. The predicted octanol–water partition coefficient (Wildman–Crippen LogP) is 0.361. The zero-order valence-corrected chi connectivity index (χ0v) is 9.00. The normalized spacial score (nSPS) is 26.5. The summed E-state index contributed by atoms with van der Waals surface area (Å²) in [5, 5.41) is 0. The molecule has 0 aromatic carbocycles. The average Bonchev–Trinajstić information content (AvgIpc) is 2.10. The number of rotatable bonds is 4. The molecule has 1 atom stereocenters. The van der Waals surface area contributed by atoms with Gasteiger partial charge in [0.2, 0.25) is 0 Å². The van der Waals surface area contributed by atoms with Crippen molar-refractivity contribution in [2.45, 2.75) is 26.3 Å². The molecule has 0 aromatic rings. The Morgan fingerprint density at radius 3 is 2.62 bits per heavy atom. The van der Waals surface area contributed by atoms with E-state index in [1.165, 1.54) is 32.6 Å². The number of nitrogens with zero attached hydrogens (tertiary/aromatic N) is 2. The maximum absolute atomic E-state index is 5.56. The van der Waals surface area contributed by atoms with Crippen LogP contribution in [0.25, 0.3) is 0 Å². The molecule has 0 aliphatic carbocycles. The van der Waals surface area contributed by atoms with Crippen molar-refractivity contribution in [3.8, 4) is 0 Å². The molecule has 13 heavy (non-hydrogen) atoms. The van der Waals surface area contributed by atoms with Gasteiger partial charge in [-0.25, -0.2) is 0 Å². The van der Waals surface area contributed by atoms with Crippen molar-refractivity contribution in [3.63, 3.8) is 0 Å². The first-order valence-corrected chi connectivity index (χ1v) is 5.44. The summed E-state index contributed by atoms with van der Waals surface area (Å²) in [6.45, 7) is 11.3. The van der Waals surface area contributed by atoms with E-state index in [1.807, 2.05) is 0 Å². The van der Waals surface area contributed by atoms with Crippen LogP contribution in [0.5, 0.6) is 0 Å². The summed E-state index contributed by atoms with van der Waals surface area (Å²) in [6, 6.07) is 0.684. The maximum Gasteiger partial charge on any atom is 0.0195 e. The molecule has 0 bridgehead atoms. The van der Waals surface area contributed by atoms with Gasteiger partial charge in [-0.15, -0.1) is 0 Å². The highest BCUT2D eigenvalue weighted by atomic mass is 15.3. The predicted molar refractivity (Wildman–Crippen MR) is 56.8 cm³/mol. The van der Waals surface area contributed by atoms with E-state index in [2.05, 4.69) is 23.6 Å². The fourth-order valence-corrected chi connectivity index (χ4v) is 2.09. The summed E-state index contributed by atoms with van der Waals surface area (Å²) in [5.41, 5.74) is 5.56. The van der Waals surface area contributed by atoms with Crippen LogP contribution in [0, 0.1) is 0 Å². The first-order chi connectivity index (χ1) is 6.27. The molecule has 0 radical (unpaired) electrons. The lowest BCUT2D eigenvalue weighted by Gasteiger charge is -2.39. The van der Waals surface area contributed by atoms with Crippen LogP contribution in [-0.4, -0.2) is 55.1 Å². The van der Waals surface area contributed by atoms with Crippen LogP contribution in [0.15, 0.2) is 0 Å². The van der Waals surface area contributed by atoms with E-state index in [0.717, 1.165) is 13.1 Å². The minimum atomic E-state index is 0.684. The molecule has 0 aromatic heterocycles. The summed E-state index contributed by atoms with van der Waals surface area (Å²) < 4.78 is 0. The quantitative estimate of drug-likeness (QED) is 0.686. The highest BCUT2D eigenvalue weighted by Gasteiger charge is 2.21. The molecule has 3 nitrogen and oxygen atoms in total. The van der Waals surface area contributed by atoms with E-state index in [1.54, 1.807) is 0 Å². The Balaban J connectivity index is 2.28. The first-order valence-electron chi connectivity index (χ1n) is 5.44. The second-order valence-electron chi connectivity index (χ2n) is 3.97. The molecular formula is C10H23N3. The van der Waals surface area contributed by atoms with Gasteiger partial charge in [0.05, 0.1) is 0 Å². The molecule has 1 unspecified atom stereocenters. The second-order valence-corrected chi connectivity index (χ2v) is 3.97. The Morgan fingerprint density at radius 1 is 1.31 bits per heavy atom. The number of piperazine rings is 1. The van der Waals surface area contributed by atoms with Crippen LogP contribution in [0.3, 0.4) is 0 Å². The third-order valence-corrected chi connectivity index (χ3v) is 2.81. The molecule has 1 aliphatic rings. The highest BCUT2D eigenvalue weighted by molar-refractivity contribution is 4.78. The first kappa shape index (κ1) is 11.0. The van der Waals surface area contributed by atoms with Crippen LogP contribution in [0.4, 0.5) is 0 Å². The van der Waals surface area contributed by atoms with Gasteiger partial charge >= 0.3 is 0 Å². The zero-order valence-electron chi connectivity index (χ0n) is 9.00. The van der Waals surface area contributed by atoms with Crippen molar-refractivity contribution in [2.75, 3.05) is 39.3 Å². The molecule has 78 valence electrons. The Kier molecular flexibility index (Phi) is 4.70. The summed E-state index contributed by atoms with van der Waals surface area (Å²) in [7, 11) is 0. The standard InChI is InChI=1S/C10H23N3/c1-3-5-12-7-8-13(6-4-11)10(2)9-12/h10H,3-9,11H2,1-2H3. The van der Waals surface area contributed by atoms with Crippen molar-refractivity contribution in [1.82, 2.24) is 9.80 Å². The molecule has 0 spiro atoms. The summed E-state index contributed by atoms with van der Waals surface area (Å²) in [6.07, 6.45) is 1.27. The molecule has 2 N–H and O–H groups in total. The zero-order chi connectivity index (χ0) is 9.68. The van der Waals surface area contributed by atoms with Crippen LogP contribution in [0.2, 0.25) is 0 Å². The van der Waals surface area contributed by atoms with Crippen LogP contribution in [0.1, 0.15) is 20.3 Å². The van der Waals surface area contributed by atoms with E-state index in [9.17, 15) is 0 Å². The molecule has 1 fully saturated rings. The molecule has 0 amide bonds. The Hall–Kier alpha value is -0.120. The van der Waals surface area contributed by atoms with Gasteiger partial charge in [-0.05, 0) is 19.9 Å². The van der Waals surface area contributed by atoms with Crippen LogP contribution < -0.4 is 5.73 Å². The van der Waals surface area contributed by atoms with Gasteiger partial charge in [-0.1, -0.05) is 6.92 Å². The maximum atomic E-state index is 5.56. The topological polar surface area (TPSA) is 32.5 Å². The van der Waals surface area contributed by atoms with E-state index in [0.29, 0.717) is 6.04 Å². The third-order valence-electron chi connectivity index (χ3n) is 2.81. The van der Waals surface area contributed by atoms with Gasteiger partial charge < -0.3 is 10.6 Å². The van der Waals surface area contributed by atoms with Gasteiger partial charge in [-0.2, -0.15) is 0 Å². The lowest BCUT2D eigenvalue weighted by Crippen LogP contribution is -2.53. The molecule has 3 heteroatoms. The van der Waals surface area contributed by atoms with Gasteiger partial charge in [0, 0.05) is 38.8 Å². The lowest BCUT2D eigenvalue weighted by atomic mass is 10.2. The smallest absolute Gasteiger partial charge is 0.0195 e. The van der Waals surface area contributed by atoms with Crippen molar-refractivity contribution in [2.24, 2.45) is 5.73 Å². The highest BCUT2D eigenvalue weighted by Crippen LogP contribution is 2.08. The van der Waals surface area contributed by atoms with Gasteiger partial charge in [0.1, 0.15) is 0 Å². The van der Waals surface area contributed by atoms with Crippen molar-refractivity contribution in [1.29, 1.82) is 0 Å². The molecule has 1 saturated heterocycles. The largest absolute Gasteiger partial charge is 0.329 e. The summed E-state index contributed by atoms with van der Waals surface area (Å²) in [5.74, 6) is 0. The van der Waals surface area contributed by atoms with Crippen LogP contribution >= 0.6 is 0 Å². The molecular weight excluding hydrogens is 162 g/mol. The summed E-state index contributed by atoms with van der Waals surface area (Å²) >= 11 is 0. The molecule has 1 aliphatic heterocycles. The van der Waals surface area contributed by atoms with Crippen molar-refractivity contribution in [3.05, 3.63) is 0 Å². The van der Waals surface area contributed by atoms with Gasteiger partial charge in [0.15, 0.2) is 0 Å². The van der Waals surface area contributed by atoms with E-state index in [-0.39, 0.29) is 0 Å². The van der Waals surface area contributed by atoms with E-state index >= 15 is 0 Å². The van der Waals surface area contributed by atoms with Gasteiger partial charge in [-0.3, -0.25) is 4.90 Å². The lowest BCUT2D eigenvalue weighted by molar-refractivity contribution is 0.0863. The number of nitrogens with two attached hydrogens (primary N) is 1. The second kappa shape index (κ2) is 5.58. The minimum Gasteiger partial charge on any atom is -0.329 e. The molecule has 0 saturated carbocycles. The minimum absolute atomic E-state index is 0.684. The number of hydrogen-bond donors (Lipinski definition) is 1. The summed E-state index contributed by atoms with van der Waals surface area (Å²) in [4.78, 5) is 5.05. The fourth-order valence-electron chi connectivity index (χ4n) is 2.09. The SMILES string of the molecule is CCCN1CCN(CCN)C(C)C1. The Bertz CT molecular complexity index is 138. The monoisotopic (exact) mass is 185 g/mol. The Labute approximate surface area is 81.9 Å². The van der Waals surface area contributed by atoms with Crippen molar-refractivity contribution >= 4 is 0 Å². The molecule has 1 rings (SSSR count). The van der Waals surface area contributed by atoms with Crippen LogP contribution in [-0.2, 0) is 0 Å².